The maximum Gasteiger partial charge on any atom is 0.391 e. The fraction of sp³-hybridized carbons (Fsp3) is 0.429. The maximum atomic E-state index is 15.2. The van der Waals surface area contributed by atoms with Gasteiger partial charge in [-0.1, -0.05) is 0 Å². The number of benzene rings is 1. The molecule has 0 radical (unpaired) electrons. The van der Waals surface area contributed by atoms with Gasteiger partial charge in [-0.3, -0.25) is 14.7 Å². The van der Waals surface area contributed by atoms with Crippen molar-refractivity contribution in [2.24, 2.45) is 5.92 Å². The lowest BCUT2D eigenvalue weighted by Crippen LogP contribution is -2.44. The summed E-state index contributed by atoms with van der Waals surface area (Å²) in [7, 11) is -4.27. The topological polar surface area (TPSA) is 100 Å². The fourth-order valence-corrected chi connectivity index (χ4v) is 6.65. The van der Waals surface area contributed by atoms with Crippen LogP contribution in [0.5, 0.6) is 5.75 Å². The monoisotopic (exact) mass is 531 g/mol. The first-order valence-corrected chi connectivity index (χ1v) is 13.2. The van der Waals surface area contributed by atoms with E-state index in [-0.39, 0.29) is 36.9 Å². The Morgan fingerprint density at radius 3 is 2.74 bits per heavy atom. The van der Waals surface area contributed by atoms with Crippen molar-refractivity contribution < 1.29 is 30.7 Å². The fourth-order valence-electron chi connectivity index (χ4n) is 4.79. The molecule has 0 bridgehead atoms. The molecule has 188 valence electrons. The predicted molar refractivity (Wildman–Crippen MR) is 119 cm³/mol. The lowest BCUT2D eigenvalue weighted by Gasteiger charge is -2.45. The molecular weight excluding hydrogens is 510 g/mol. The number of anilines is 1. The van der Waals surface area contributed by atoms with Crippen LogP contribution in [0.25, 0.3) is 0 Å². The Morgan fingerprint density at radius 1 is 1.23 bits per heavy atom. The highest BCUT2D eigenvalue weighted by atomic mass is 32.2. The quantitative estimate of drug-likeness (QED) is 0.465. The van der Waals surface area contributed by atoms with Crippen molar-refractivity contribution in [3.63, 3.8) is 0 Å². The second-order valence-corrected chi connectivity index (χ2v) is 11.0. The van der Waals surface area contributed by atoms with Gasteiger partial charge in [0.05, 0.1) is 18.7 Å². The molecular formula is C21H21F4N5O3S2. The van der Waals surface area contributed by atoms with Gasteiger partial charge >= 0.3 is 6.18 Å². The molecule has 3 atom stereocenters. The number of piperidine rings is 1. The smallest absolute Gasteiger partial charge is 0.391 e. The highest BCUT2D eigenvalue weighted by Gasteiger charge is 2.47. The van der Waals surface area contributed by atoms with Gasteiger partial charge in [0.2, 0.25) is 0 Å². The van der Waals surface area contributed by atoms with Gasteiger partial charge in [-0.25, -0.2) is 17.8 Å². The molecule has 1 fully saturated rings. The van der Waals surface area contributed by atoms with Gasteiger partial charge in [0, 0.05) is 53.5 Å². The van der Waals surface area contributed by atoms with Crippen molar-refractivity contribution in [2.45, 2.75) is 42.4 Å². The van der Waals surface area contributed by atoms with E-state index in [4.69, 9.17) is 4.74 Å². The molecule has 0 amide bonds. The molecule has 0 spiro atoms. The van der Waals surface area contributed by atoms with Crippen LogP contribution in [0.3, 0.4) is 0 Å². The van der Waals surface area contributed by atoms with Gasteiger partial charge in [-0.05, 0) is 25.5 Å². The molecule has 14 heteroatoms. The molecule has 2 aliphatic heterocycles. The number of H-pyrrole nitrogens is 1. The van der Waals surface area contributed by atoms with Gasteiger partial charge in [-0.15, -0.1) is 11.3 Å². The van der Waals surface area contributed by atoms with Crippen molar-refractivity contribution >= 4 is 26.5 Å². The maximum absolute atomic E-state index is 15.2. The molecule has 2 aromatic heterocycles. The van der Waals surface area contributed by atoms with E-state index < -0.39 is 44.9 Å². The van der Waals surface area contributed by atoms with Gasteiger partial charge in [0.15, 0.2) is 5.13 Å². The summed E-state index contributed by atoms with van der Waals surface area (Å²) in [5, 5.41) is 8.22. The van der Waals surface area contributed by atoms with Crippen LogP contribution < -0.4 is 9.46 Å². The molecule has 1 aromatic carbocycles. The van der Waals surface area contributed by atoms with Gasteiger partial charge in [0.25, 0.3) is 10.0 Å². The second kappa shape index (κ2) is 9.06. The molecule has 35 heavy (non-hydrogen) atoms. The molecule has 5 rings (SSSR count). The minimum atomic E-state index is -4.32. The van der Waals surface area contributed by atoms with E-state index in [0.717, 1.165) is 23.5 Å². The minimum absolute atomic E-state index is 0.0861. The summed E-state index contributed by atoms with van der Waals surface area (Å²) in [6.07, 6.45) is 0.342. The first-order valence-electron chi connectivity index (χ1n) is 10.8. The van der Waals surface area contributed by atoms with Gasteiger partial charge in [0.1, 0.15) is 16.5 Å². The number of ether oxygens (including phenoxy) is 1. The van der Waals surface area contributed by atoms with Crippen molar-refractivity contribution in [3.8, 4) is 5.75 Å². The van der Waals surface area contributed by atoms with Crippen LogP contribution in [-0.4, -0.2) is 47.8 Å². The van der Waals surface area contributed by atoms with E-state index in [2.05, 4.69) is 19.9 Å². The number of nitrogens with one attached hydrogen (secondary N) is 2. The summed E-state index contributed by atoms with van der Waals surface area (Å²) in [4.78, 5) is 5.18. The van der Waals surface area contributed by atoms with E-state index in [0.29, 0.717) is 17.5 Å². The van der Waals surface area contributed by atoms with Crippen LogP contribution in [0.15, 0.2) is 41.0 Å². The summed E-state index contributed by atoms with van der Waals surface area (Å²) in [5.41, 5.74) is 1.01. The van der Waals surface area contributed by atoms with E-state index in [1.807, 2.05) is 4.90 Å². The SMILES string of the molecule is O=S(=O)(Nc1nccs1)c1cc2c(cc1F)[C@@H](N1CCC(C(F)(F)F)C[C@H]1c1cn[nH]c1)CCO2. The Hall–Kier alpha value is -2.71. The highest BCUT2D eigenvalue weighted by Crippen LogP contribution is 2.48. The molecule has 2 N–H and O–H groups in total. The summed E-state index contributed by atoms with van der Waals surface area (Å²) in [5.74, 6) is -2.25. The number of alkyl halides is 3. The van der Waals surface area contributed by atoms with Crippen LogP contribution in [0.4, 0.5) is 22.7 Å². The van der Waals surface area contributed by atoms with Crippen molar-refractivity contribution in [3.05, 3.63) is 53.0 Å². The molecule has 2 aliphatic rings. The summed E-state index contributed by atoms with van der Waals surface area (Å²) >= 11 is 1.05. The first-order chi connectivity index (χ1) is 16.6. The standard InChI is InChI=1S/C21H21F4N5O3S2/c22-15-8-14-16(30-4-1-13(21(23,24)25)7-17(30)12-10-27-28-11-12)2-5-33-18(14)9-19(15)35(31,32)29-20-26-3-6-34-20/h3,6,8-11,13,16-17H,1-2,4-5,7H2,(H,26,29)(H,27,28)/t13?,16-,17-/m0/s1. The number of likely N-dealkylation sites (tertiary alicyclic amines) is 1. The summed E-state index contributed by atoms with van der Waals surface area (Å²) in [6, 6.07) is 1.19. The van der Waals surface area contributed by atoms with E-state index in [1.54, 1.807) is 11.6 Å². The number of sulfonamides is 1. The molecule has 4 heterocycles. The summed E-state index contributed by atoms with van der Waals surface area (Å²) < 4.78 is 89.2. The minimum Gasteiger partial charge on any atom is -0.493 e. The average Bonchev–Trinajstić information content (AvgIpc) is 3.51. The van der Waals surface area contributed by atoms with E-state index in [9.17, 15) is 21.6 Å². The van der Waals surface area contributed by atoms with Crippen LogP contribution in [0.2, 0.25) is 0 Å². The van der Waals surface area contributed by atoms with E-state index in [1.165, 1.54) is 12.4 Å². The molecule has 0 saturated carbocycles. The first kappa shape index (κ1) is 24.0. The number of halogens is 4. The Kier molecular flexibility index (Phi) is 6.21. The van der Waals surface area contributed by atoms with Gasteiger partial charge in [-0.2, -0.15) is 18.3 Å². The number of hydrogen-bond donors (Lipinski definition) is 2. The largest absolute Gasteiger partial charge is 0.493 e. The number of hydrogen-bond acceptors (Lipinski definition) is 7. The van der Waals surface area contributed by atoms with Crippen LogP contribution >= 0.6 is 11.3 Å². The lowest BCUT2D eigenvalue weighted by molar-refractivity contribution is -0.192. The number of fused-ring (bicyclic) bond motifs is 1. The zero-order valence-electron chi connectivity index (χ0n) is 18.1. The Morgan fingerprint density at radius 2 is 2.06 bits per heavy atom. The lowest BCUT2D eigenvalue weighted by atomic mass is 9.84. The van der Waals surface area contributed by atoms with Crippen molar-refractivity contribution in [1.29, 1.82) is 0 Å². The number of aromatic amines is 1. The molecule has 3 aromatic rings. The highest BCUT2D eigenvalue weighted by molar-refractivity contribution is 7.93. The number of rotatable bonds is 5. The van der Waals surface area contributed by atoms with Crippen LogP contribution in [0, 0.1) is 11.7 Å². The molecule has 8 nitrogen and oxygen atoms in total. The zero-order valence-corrected chi connectivity index (χ0v) is 19.8. The average molecular weight is 532 g/mol. The molecule has 0 aliphatic carbocycles. The Bertz CT molecular complexity index is 1280. The third kappa shape index (κ3) is 4.74. The number of aromatic nitrogens is 3. The Labute approximate surface area is 202 Å². The number of nitrogens with zero attached hydrogens (tertiary/aromatic N) is 3. The van der Waals surface area contributed by atoms with Crippen LogP contribution in [0.1, 0.15) is 42.5 Å². The van der Waals surface area contributed by atoms with Crippen LogP contribution in [-0.2, 0) is 10.0 Å². The molecule has 1 unspecified atom stereocenters. The number of thiazole rings is 1. The zero-order chi connectivity index (χ0) is 24.8. The van der Waals surface area contributed by atoms with Crippen molar-refractivity contribution in [2.75, 3.05) is 17.9 Å². The van der Waals surface area contributed by atoms with E-state index >= 15 is 4.39 Å². The third-order valence-electron chi connectivity index (χ3n) is 6.43. The Balaban J connectivity index is 1.48. The predicted octanol–water partition coefficient (Wildman–Crippen LogP) is 4.65. The third-order valence-corrected chi connectivity index (χ3v) is 8.60. The van der Waals surface area contributed by atoms with Crippen molar-refractivity contribution in [1.82, 2.24) is 20.1 Å². The summed E-state index contributed by atoms with van der Waals surface area (Å²) in [6.45, 7) is 0.345. The second-order valence-electron chi connectivity index (χ2n) is 8.46. The molecule has 1 saturated heterocycles. The van der Waals surface area contributed by atoms with Gasteiger partial charge < -0.3 is 4.74 Å². The normalized spacial score (nSPS) is 23.5.